The fraction of sp³-hybridized carbons (Fsp3) is 0.300. The summed E-state index contributed by atoms with van der Waals surface area (Å²) in [4.78, 5) is 23.0. The number of aromatic nitrogens is 2. The van der Waals surface area contributed by atoms with Crippen LogP contribution in [0, 0.1) is 5.92 Å². The number of sulfonamides is 1. The van der Waals surface area contributed by atoms with Gasteiger partial charge in [-0.05, 0) is 73.2 Å². The first-order valence-corrected chi connectivity index (χ1v) is 17.1. The lowest BCUT2D eigenvalue weighted by atomic mass is 9.93. The first kappa shape index (κ1) is 30.5. The van der Waals surface area contributed by atoms with Crippen molar-refractivity contribution in [3.8, 4) is 5.75 Å². The van der Waals surface area contributed by atoms with E-state index >= 15 is 0 Å². The van der Waals surface area contributed by atoms with Gasteiger partial charge in [-0.15, -0.1) is 0 Å². The number of fused-ring (bicyclic) bond motifs is 1. The number of carbonyl (C=O) groups is 1. The summed E-state index contributed by atoms with van der Waals surface area (Å²) in [6, 6.07) is 18.5. The summed E-state index contributed by atoms with van der Waals surface area (Å²) in [6.07, 6.45) is 2.09. The van der Waals surface area contributed by atoms with E-state index in [-0.39, 0.29) is 28.4 Å². The number of rotatable bonds is 9. The van der Waals surface area contributed by atoms with E-state index in [0.717, 1.165) is 5.56 Å². The van der Waals surface area contributed by atoms with Crippen LogP contribution in [0.5, 0.6) is 5.75 Å². The Morgan fingerprint density at radius 3 is 2.21 bits per heavy atom. The Balaban J connectivity index is 1.49. The topological polar surface area (TPSA) is 154 Å². The number of hydrogen-bond acceptors (Lipinski definition) is 9. The molecule has 4 aromatic rings. The van der Waals surface area contributed by atoms with Crippen LogP contribution in [0.4, 0.5) is 17.3 Å². The third-order valence-corrected chi connectivity index (χ3v) is 10.5. The minimum atomic E-state index is -4.10. The normalized spacial score (nSPS) is 15.9. The van der Waals surface area contributed by atoms with Gasteiger partial charge in [0, 0.05) is 42.9 Å². The molecule has 43 heavy (non-hydrogen) atoms. The molecule has 1 aliphatic heterocycles. The number of nitrogens with zero attached hydrogens (tertiary/aromatic N) is 3. The second-order valence-electron chi connectivity index (χ2n) is 10.7. The number of hydrogen-bond donors (Lipinski definition) is 4. The highest BCUT2D eigenvalue weighted by Gasteiger charge is 2.26. The van der Waals surface area contributed by atoms with Gasteiger partial charge >= 0.3 is 0 Å². The Bertz CT molecular complexity index is 1740. The number of para-hydroxylation sites is 2. The maximum Gasteiger partial charge on any atom is 0.263 e. The van der Waals surface area contributed by atoms with Gasteiger partial charge in [-0.2, -0.15) is 10.6 Å². The zero-order valence-electron chi connectivity index (χ0n) is 24.1. The van der Waals surface area contributed by atoms with Gasteiger partial charge in [0.25, 0.3) is 15.9 Å². The van der Waals surface area contributed by atoms with Gasteiger partial charge in [0.2, 0.25) is 0 Å². The Morgan fingerprint density at radius 2 is 1.60 bits per heavy atom. The van der Waals surface area contributed by atoms with Gasteiger partial charge in [-0.1, -0.05) is 18.2 Å². The van der Waals surface area contributed by atoms with Crippen molar-refractivity contribution in [2.45, 2.75) is 24.2 Å². The lowest BCUT2D eigenvalue weighted by Gasteiger charge is -2.39. The zero-order chi connectivity index (χ0) is 30.8. The van der Waals surface area contributed by atoms with Crippen molar-refractivity contribution in [3.63, 3.8) is 0 Å². The summed E-state index contributed by atoms with van der Waals surface area (Å²) in [6.45, 7) is 0. The van der Waals surface area contributed by atoms with Gasteiger partial charge in [0.1, 0.15) is 5.75 Å². The van der Waals surface area contributed by atoms with Crippen molar-refractivity contribution in [1.82, 2.24) is 14.9 Å². The number of amides is 1. The molecule has 0 saturated carbocycles. The van der Waals surface area contributed by atoms with Crippen molar-refractivity contribution in [1.29, 1.82) is 0 Å². The van der Waals surface area contributed by atoms with Crippen LogP contribution in [0.3, 0.4) is 0 Å². The maximum atomic E-state index is 13.5. The Kier molecular flexibility index (Phi) is 8.79. The highest BCUT2D eigenvalue weighted by molar-refractivity contribution is 8.24. The summed E-state index contributed by atoms with van der Waals surface area (Å²) in [5.74, 6) is 1.62. The summed E-state index contributed by atoms with van der Waals surface area (Å²) < 4.78 is 55.1. The van der Waals surface area contributed by atoms with Gasteiger partial charge < -0.3 is 15.0 Å². The van der Waals surface area contributed by atoms with Crippen molar-refractivity contribution in [2.75, 3.05) is 42.7 Å². The summed E-state index contributed by atoms with van der Waals surface area (Å²) in [5.41, 5.74) is 3.07. The molecule has 0 radical (unpaired) electrons. The largest absolute Gasteiger partial charge is 0.497 e. The van der Waals surface area contributed by atoms with Crippen LogP contribution in [-0.2, 0) is 16.4 Å². The molecule has 5 rings (SSSR count). The standard InChI is InChI=1S/C30H35N5O6S2/c1-35(2)30(36)21-9-12-24(13-10-21)43(39,40)34-29-28(31-25-6-4-5-7-26(25)32-29)33-27-19-23(41-3)11-8-22(27)18-20-14-16-42(37,38)17-15-20/h4-13,19-20,37-38H,14-18H2,1-3H3,(H,31,33)(H,32,34). The van der Waals surface area contributed by atoms with Gasteiger partial charge in [0.05, 0.1) is 23.0 Å². The molecular weight excluding hydrogens is 590 g/mol. The molecule has 2 heterocycles. The first-order valence-electron chi connectivity index (χ1n) is 13.7. The van der Waals surface area contributed by atoms with Gasteiger partial charge in [-0.25, -0.2) is 18.4 Å². The fourth-order valence-electron chi connectivity index (χ4n) is 4.96. The third kappa shape index (κ3) is 7.19. The van der Waals surface area contributed by atoms with Gasteiger partial charge in [-0.3, -0.25) is 18.6 Å². The molecule has 1 amide bonds. The monoisotopic (exact) mass is 625 g/mol. The number of nitrogens with one attached hydrogen (secondary N) is 2. The second kappa shape index (κ2) is 12.4. The van der Waals surface area contributed by atoms with Crippen LogP contribution < -0.4 is 14.8 Å². The van der Waals surface area contributed by atoms with Crippen LogP contribution in [0.25, 0.3) is 11.0 Å². The zero-order valence-corrected chi connectivity index (χ0v) is 25.8. The van der Waals surface area contributed by atoms with E-state index < -0.39 is 20.6 Å². The summed E-state index contributed by atoms with van der Waals surface area (Å²) in [7, 11) is -1.78. The molecule has 228 valence electrons. The van der Waals surface area contributed by atoms with E-state index in [1.807, 2.05) is 24.3 Å². The Labute approximate surface area is 252 Å². The summed E-state index contributed by atoms with van der Waals surface area (Å²) in [5, 5.41) is 3.30. The number of ether oxygens (including phenoxy) is 1. The average Bonchev–Trinajstić information content (AvgIpc) is 2.98. The third-order valence-electron chi connectivity index (χ3n) is 7.40. The van der Waals surface area contributed by atoms with Crippen LogP contribution in [0.1, 0.15) is 28.8 Å². The fourth-order valence-corrected chi connectivity index (χ4v) is 7.59. The molecular formula is C30H35N5O6S2. The SMILES string of the molecule is COc1ccc(CC2CCS(O)(O)CC2)c(Nc2nc3ccccc3nc2NS(=O)(=O)c2ccc(C(=O)N(C)C)cc2)c1. The molecule has 0 atom stereocenters. The predicted octanol–water partition coefficient (Wildman–Crippen LogP) is 5.59. The van der Waals surface area contributed by atoms with E-state index in [1.54, 1.807) is 39.4 Å². The van der Waals surface area contributed by atoms with Crippen LogP contribution in [-0.4, -0.2) is 71.0 Å². The van der Waals surface area contributed by atoms with E-state index in [1.165, 1.54) is 29.2 Å². The molecule has 1 aromatic heterocycles. The smallest absolute Gasteiger partial charge is 0.263 e. The first-order chi connectivity index (χ1) is 20.4. The van der Waals surface area contributed by atoms with E-state index in [4.69, 9.17) is 9.72 Å². The molecule has 0 aliphatic carbocycles. The van der Waals surface area contributed by atoms with Crippen LogP contribution in [0.2, 0.25) is 0 Å². The molecule has 3 aromatic carbocycles. The highest BCUT2D eigenvalue weighted by atomic mass is 32.3. The maximum absolute atomic E-state index is 13.5. The minimum Gasteiger partial charge on any atom is -0.497 e. The molecule has 4 N–H and O–H groups in total. The van der Waals surface area contributed by atoms with Crippen molar-refractivity contribution in [2.24, 2.45) is 5.92 Å². The Morgan fingerprint density at radius 1 is 0.977 bits per heavy atom. The molecule has 1 fully saturated rings. The molecule has 0 unspecified atom stereocenters. The Hall–Kier alpha value is -3.91. The number of benzene rings is 3. The lowest BCUT2D eigenvalue weighted by Crippen LogP contribution is -2.22. The molecule has 1 aliphatic rings. The molecule has 0 spiro atoms. The quantitative estimate of drug-likeness (QED) is 0.186. The second-order valence-corrected chi connectivity index (χ2v) is 14.8. The highest BCUT2D eigenvalue weighted by Crippen LogP contribution is 2.46. The molecule has 1 saturated heterocycles. The number of anilines is 3. The lowest BCUT2D eigenvalue weighted by molar-refractivity contribution is 0.0827. The van der Waals surface area contributed by atoms with E-state index in [9.17, 15) is 22.3 Å². The number of methoxy groups -OCH3 is 1. The van der Waals surface area contributed by atoms with Crippen molar-refractivity contribution < 1.29 is 27.1 Å². The molecule has 13 heteroatoms. The van der Waals surface area contributed by atoms with Gasteiger partial charge in [0.15, 0.2) is 11.6 Å². The predicted molar refractivity (Wildman–Crippen MR) is 170 cm³/mol. The van der Waals surface area contributed by atoms with Crippen LogP contribution in [0.15, 0.2) is 71.6 Å². The average molecular weight is 626 g/mol. The molecule has 11 nitrogen and oxygen atoms in total. The van der Waals surface area contributed by atoms with Crippen molar-refractivity contribution in [3.05, 3.63) is 77.9 Å². The molecule has 0 bridgehead atoms. The minimum absolute atomic E-state index is 0.00697. The number of carbonyl (C=O) groups excluding carboxylic acids is 1. The van der Waals surface area contributed by atoms with Crippen LogP contribution >= 0.6 is 10.6 Å². The summed E-state index contributed by atoms with van der Waals surface area (Å²) >= 11 is 0. The van der Waals surface area contributed by atoms with E-state index in [0.29, 0.717) is 58.8 Å². The van der Waals surface area contributed by atoms with Crippen molar-refractivity contribution >= 4 is 54.9 Å². The van der Waals surface area contributed by atoms with E-state index in [2.05, 4.69) is 15.0 Å².